The van der Waals surface area contributed by atoms with Crippen molar-refractivity contribution in [2.24, 2.45) is 0 Å². The molecule has 0 aromatic heterocycles. The van der Waals surface area contributed by atoms with Gasteiger partial charge in [0.1, 0.15) is 0 Å². The number of aryl methyl sites for hydroxylation is 1. The molecule has 1 aromatic carbocycles. The summed E-state index contributed by atoms with van der Waals surface area (Å²) in [7, 11) is 5.13. The molecule has 1 amide bonds. The van der Waals surface area contributed by atoms with E-state index in [1.165, 1.54) is 0 Å². The number of carbonyl (C=O) groups excluding carboxylic acids is 1. The Bertz CT molecular complexity index is 455. The van der Waals surface area contributed by atoms with Crippen LogP contribution in [0.5, 0.6) is 11.5 Å². The van der Waals surface area contributed by atoms with E-state index in [1.54, 1.807) is 14.2 Å². The van der Waals surface area contributed by atoms with Crippen LogP contribution in [0.4, 0.5) is 0 Å². The van der Waals surface area contributed by atoms with Crippen LogP contribution >= 0.6 is 0 Å². The van der Waals surface area contributed by atoms with Gasteiger partial charge in [0.05, 0.1) is 14.2 Å². The lowest BCUT2D eigenvalue weighted by Crippen LogP contribution is -2.28. The molecule has 4 nitrogen and oxygen atoms in total. The van der Waals surface area contributed by atoms with Gasteiger partial charge in [-0.2, -0.15) is 0 Å². The van der Waals surface area contributed by atoms with Gasteiger partial charge in [0.25, 0.3) is 0 Å². The monoisotopic (exact) mass is 263 g/mol. The third-order valence-corrected chi connectivity index (χ3v) is 3.56. The van der Waals surface area contributed by atoms with E-state index in [-0.39, 0.29) is 5.91 Å². The summed E-state index contributed by atoms with van der Waals surface area (Å²) >= 11 is 0. The topological polar surface area (TPSA) is 38.8 Å². The molecule has 0 unspecified atom stereocenters. The predicted octanol–water partition coefficient (Wildman–Crippen LogP) is 2.26. The first-order chi connectivity index (χ1) is 9.15. The van der Waals surface area contributed by atoms with E-state index in [2.05, 4.69) is 0 Å². The average molecular weight is 263 g/mol. The van der Waals surface area contributed by atoms with Crippen molar-refractivity contribution in [3.8, 4) is 11.5 Å². The Kier molecular flexibility index (Phi) is 4.30. The van der Waals surface area contributed by atoms with Gasteiger partial charge in [-0.1, -0.05) is 6.07 Å². The first kappa shape index (κ1) is 13.7. The molecule has 0 radical (unpaired) electrons. The zero-order valence-corrected chi connectivity index (χ0v) is 11.8. The van der Waals surface area contributed by atoms with Crippen molar-refractivity contribution in [1.29, 1.82) is 0 Å². The van der Waals surface area contributed by atoms with Crippen molar-refractivity contribution in [2.45, 2.75) is 31.7 Å². The van der Waals surface area contributed by atoms with Crippen LogP contribution < -0.4 is 9.47 Å². The van der Waals surface area contributed by atoms with Crippen molar-refractivity contribution < 1.29 is 14.3 Å². The lowest BCUT2D eigenvalue weighted by Gasteiger charge is -2.16. The number of nitrogens with zero attached hydrogens (tertiary/aromatic N) is 1. The number of hydrogen-bond donors (Lipinski definition) is 0. The van der Waals surface area contributed by atoms with Gasteiger partial charge in [-0.25, -0.2) is 0 Å². The number of rotatable bonds is 6. The molecule has 0 saturated heterocycles. The number of carbonyl (C=O) groups is 1. The summed E-state index contributed by atoms with van der Waals surface area (Å²) in [6.45, 7) is 0. The fraction of sp³-hybridized carbons (Fsp3) is 0.533. The maximum Gasteiger partial charge on any atom is 0.222 e. The van der Waals surface area contributed by atoms with E-state index >= 15 is 0 Å². The SMILES string of the molecule is COc1ccc(CCC(=O)N(C)C2CC2)cc1OC. The van der Waals surface area contributed by atoms with Gasteiger partial charge in [0.2, 0.25) is 5.91 Å². The molecule has 0 N–H and O–H groups in total. The van der Waals surface area contributed by atoms with Crippen molar-refractivity contribution >= 4 is 5.91 Å². The molecule has 0 bridgehead atoms. The van der Waals surface area contributed by atoms with Gasteiger partial charge in [-0.15, -0.1) is 0 Å². The standard InChI is InChI=1S/C15H21NO3/c1-16(12-6-7-12)15(17)9-5-11-4-8-13(18-2)14(10-11)19-3/h4,8,10,12H,5-7,9H2,1-3H3. The van der Waals surface area contributed by atoms with Crippen LogP contribution in [0.25, 0.3) is 0 Å². The minimum atomic E-state index is 0.220. The van der Waals surface area contributed by atoms with Crippen LogP contribution in [0.1, 0.15) is 24.8 Å². The Labute approximate surface area is 114 Å². The summed E-state index contributed by atoms with van der Waals surface area (Å²) in [6, 6.07) is 6.27. The summed E-state index contributed by atoms with van der Waals surface area (Å²) in [5.41, 5.74) is 1.09. The summed E-state index contributed by atoms with van der Waals surface area (Å²) < 4.78 is 10.5. The van der Waals surface area contributed by atoms with Crippen LogP contribution in [0.15, 0.2) is 18.2 Å². The number of benzene rings is 1. The first-order valence-electron chi connectivity index (χ1n) is 6.62. The molecule has 0 atom stereocenters. The summed E-state index contributed by atoms with van der Waals surface area (Å²) in [5.74, 6) is 1.65. The van der Waals surface area contributed by atoms with Crippen LogP contribution in [0, 0.1) is 0 Å². The highest BCUT2D eigenvalue weighted by Crippen LogP contribution is 2.29. The number of hydrogen-bond acceptors (Lipinski definition) is 3. The molecular weight excluding hydrogens is 242 g/mol. The molecule has 1 saturated carbocycles. The minimum Gasteiger partial charge on any atom is -0.493 e. The second kappa shape index (κ2) is 5.95. The van der Waals surface area contributed by atoms with E-state index in [0.29, 0.717) is 24.0 Å². The molecule has 1 fully saturated rings. The molecule has 19 heavy (non-hydrogen) atoms. The molecule has 0 heterocycles. The number of amides is 1. The van der Waals surface area contributed by atoms with Crippen LogP contribution in [0.3, 0.4) is 0 Å². The Hall–Kier alpha value is -1.71. The number of ether oxygens (including phenoxy) is 2. The van der Waals surface area contributed by atoms with Gasteiger partial charge < -0.3 is 14.4 Å². The van der Waals surface area contributed by atoms with Crippen LogP contribution in [0.2, 0.25) is 0 Å². The Morgan fingerprint density at radius 3 is 2.53 bits per heavy atom. The van der Waals surface area contributed by atoms with E-state index in [9.17, 15) is 4.79 Å². The molecule has 4 heteroatoms. The van der Waals surface area contributed by atoms with Crippen molar-refractivity contribution in [3.63, 3.8) is 0 Å². The van der Waals surface area contributed by atoms with Gasteiger partial charge in [0.15, 0.2) is 11.5 Å². The molecule has 104 valence electrons. The van der Waals surface area contributed by atoms with E-state index in [0.717, 1.165) is 24.8 Å². The average Bonchev–Trinajstić information content (AvgIpc) is 3.28. The van der Waals surface area contributed by atoms with Gasteiger partial charge in [0, 0.05) is 19.5 Å². The van der Waals surface area contributed by atoms with Crippen molar-refractivity contribution in [3.05, 3.63) is 23.8 Å². The van der Waals surface area contributed by atoms with Gasteiger partial charge in [-0.05, 0) is 37.0 Å². The van der Waals surface area contributed by atoms with Crippen molar-refractivity contribution in [2.75, 3.05) is 21.3 Å². The minimum absolute atomic E-state index is 0.220. The number of methoxy groups -OCH3 is 2. The maximum absolute atomic E-state index is 11.9. The summed E-state index contributed by atoms with van der Waals surface area (Å²) in [6.07, 6.45) is 3.58. The first-order valence-corrected chi connectivity index (χ1v) is 6.62. The van der Waals surface area contributed by atoms with Crippen LogP contribution in [-0.4, -0.2) is 38.1 Å². The second-order valence-corrected chi connectivity index (χ2v) is 4.93. The zero-order chi connectivity index (χ0) is 13.8. The lowest BCUT2D eigenvalue weighted by molar-refractivity contribution is -0.130. The fourth-order valence-corrected chi connectivity index (χ4v) is 2.13. The van der Waals surface area contributed by atoms with Gasteiger partial charge in [-0.3, -0.25) is 4.79 Å². The predicted molar refractivity (Wildman–Crippen MR) is 73.7 cm³/mol. The van der Waals surface area contributed by atoms with Gasteiger partial charge >= 0.3 is 0 Å². The molecule has 1 aliphatic rings. The highest BCUT2D eigenvalue weighted by molar-refractivity contribution is 5.76. The molecular formula is C15H21NO3. The molecule has 1 aliphatic carbocycles. The Morgan fingerprint density at radius 2 is 1.95 bits per heavy atom. The summed E-state index contributed by atoms with van der Waals surface area (Å²) in [4.78, 5) is 13.8. The smallest absolute Gasteiger partial charge is 0.222 e. The maximum atomic E-state index is 11.9. The summed E-state index contributed by atoms with van der Waals surface area (Å²) in [5, 5.41) is 0. The Morgan fingerprint density at radius 1 is 1.26 bits per heavy atom. The Balaban J connectivity index is 1.93. The van der Waals surface area contributed by atoms with E-state index in [1.807, 2.05) is 30.1 Å². The highest BCUT2D eigenvalue weighted by Gasteiger charge is 2.29. The van der Waals surface area contributed by atoms with E-state index < -0.39 is 0 Å². The fourth-order valence-electron chi connectivity index (χ4n) is 2.13. The zero-order valence-electron chi connectivity index (χ0n) is 11.8. The molecule has 2 rings (SSSR count). The van der Waals surface area contributed by atoms with E-state index in [4.69, 9.17) is 9.47 Å². The molecule has 1 aromatic rings. The third kappa shape index (κ3) is 3.40. The molecule has 0 spiro atoms. The molecule has 0 aliphatic heterocycles. The lowest BCUT2D eigenvalue weighted by atomic mass is 10.1. The third-order valence-electron chi connectivity index (χ3n) is 3.56. The normalized spacial score (nSPS) is 14.1. The largest absolute Gasteiger partial charge is 0.493 e. The van der Waals surface area contributed by atoms with Crippen LogP contribution in [-0.2, 0) is 11.2 Å². The second-order valence-electron chi connectivity index (χ2n) is 4.93. The highest BCUT2D eigenvalue weighted by atomic mass is 16.5. The van der Waals surface area contributed by atoms with Crippen molar-refractivity contribution in [1.82, 2.24) is 4.90 Å². The quantitative estimate of drug-likeness (QED) is 0.790.